The minimum Gasteiger partial charge on any atom is -0.455 e. The van der Waals surface area contributed by atoms with Gasteiger partial charge in [-0.1, -0.05) is 75.4 Å². The first-order valence-corrected chi connectivity index (χ1v) is 10.6. The lowest BCUT2D eigenvalue weighted by Gasteiger charge is -2.13. The van der Waals surface area contributed by atoms with Gasteiger partial charge in [0.1, 0.15) is 11.2 Å². The van der Waals surface area contributed by atoms with E-state index in [1.165, 1.54) is 22.1 Å². The summed E-state index contributed by atoms with van der Waals surface area (Å²) in [7, 11) is 0. The second-order valence-corrected chi connectivity index (χ2v) is 8.27. The molecule has 2 aromatic heterocycles. The van der Waals surface area contributed by atoms with Crippen LogP contribution in [0.4, 0.5) is 0 Å². The Morgan fingerprint density at radius 2 is 1.57 bits per heavy atom. The van der Waals surface area contributed by atoms with E-state index < -0.39 is 0 Å². The van der Waals surface area contributed by atoms with Crippen LogP contribution in [0.5, 0.6) is 0 Å². The summed E-state index contributed by atoms with van der Waals surface area (Å²) >= 11 is 0. The fourth-order valence-corrected chi connectivity index (χ4v) is 4.31. The van der Waals surface area contributed by atoms with Gasteiger partial charge < -0.3 is 4.42 Å². The van der Waals surface area contributed by atoms with Gasteiger partial charge in [0.25, 0.3) is 0 Å². The van der Waals surface area contributed by atoms with Crippen molar-refractivity contribution < 1.29 is 4.42 Å². The smallest absolute Gasteiger partial charge is 0.144 e. The van der Waals surface area contributed by atoms with Crippen molar-refractivity contribution in [1.29, 1.82) is 0 Å². The predicted octanol–water partition coefficient (Wildman–Crippen LogP) is 7.92. The van der Waals surface area contributed by atoms with Gasteiger partial charge in [-0.05, 0) is 46.9 Å². The Labute approximate surface area is 177 Å². The van der Waals surface area contributed by atoms with Crippen LogP contribution in [0.1, 0.15) is 49.3 Å². The average Bonchev–Trinajstić information content (AvgIpc) is 3.18. The molecule has 0 N–H and O–H groups in total. The number of para-hydroxylation sites is 1. The lowest BCUT2D eigenvalue weighted by atomic mass is 9.89. The van der Waals surface area contributed by atoms with E-state index in [2.05, 4.69) is 105 Å². The Morgan fingerprint density at radius 3 is 2.37 bits per heavy atom. The molecule has 0 saturated heterocycles. The molecular weight excluding hydrogens is 366 g/mol. The molecule has 0 spiro atoms. The van der Waals surface area contributed by atoms with Crippen molar-refractivity contribution in [1.82, 2.24) is 4.98 Å². The Bertz CT molecular complexity index is 1330. The maximum Gasteiger partial charge on any atom is 0.144 e. The highest BCUT2D eigenvalue weighted by Gasteiger charge is 2.19. The zero-order valence-electron chi connectivity index (χ0n) is 17.6. The normalized spacial score (nSPS) is 12.7. The first-order valence-electron chi connectivity index (χ1n) is 10.6. The van der Waals surface area contributed by atoms with Crippen molar-refractivity contribution in [3.63, 3.8) is 0 Å². The summed E-state index contributed by atoms with van der Waals surface area (Å²) in [4.78, 5) is 4.66. The van der Waals surface area contributed by atoms with Crippen molar-refractivity contribution in [2.45, 2.75) is 32.6 Å². The van der Waals surface area contributed by atoms with Crippen molar-refractivity contribution in [2.24, 2.45) is 0 Å². The average molecular weight is 392 g/mol. The summed E-state index contributed by atoms with van der Waals surface area (Å²) in [5.41, 5.74) is 7.73. The molecule has 0 amide bonds. The second kappa shape index (κ2) is 7.46. The Morgan fingerprint density at radius 1 is 0.767 bits per heavy atom. The molecule has 0 bridgehead atoms. The molecule has 0 radical (unpaired) electrons. The SMILES string of the molecule is CC(C)c1ccnc(-c2cccc3c2oc2cccc(C(C)c4ccccc4)c23)c1. The molecule has 0 aliphatic heterocycles. The van der Waals surface area contributed by atoms with Gasteiger partial charge in [0, 0.05) is 28.5 Å². The molecule has 3 aromatic carbocycles. The van der Waals surface area contributed by atoms with Crippen LogP contribution in [-0.4, -0.2) is 4.98 Å². The lowest BCUT2D eigenvalue weighted by Crippen LogP contribution is -1.96. The molecule has 0 aliphatic carbocycles. The zero-order chi connectivity index (χ0) is 20.7. The van der Waals surface area contributed by atoms with E-state index in [4.69, 9.17) is 4.42 Å². The molecule has 30 heavy (non-hydrogen) atoms. The van der Waals surface area contributed by atoms with Crippen LogP contribution in [0.25, 0.3) is 33.2 Å². The number of hydrogen-bond donors (Lipinski definition) is 0. The van der Waals surface area contributed by atoms with E-state index in [0.717, 1.165) is 27.8 Å². The molecule has 1 atom stereocenters. The third-order valence-corrected chi connectivity index (χ3v) is 6.05. The van der Waals surface area contributed by atoms with E-state index in [9.17, 15) is 0 Å². The summed E-state index contributed by atoms with van der Waals surface area (Å²) in [6, 6.07) is 27.7. The van der Waals surface area contributed by atoms with Gasteiger partial charge >= 0.3 is 0 Å². The third kappa shape index (κ3) is 3.09. The first kappa shape index (κ1) is 18.6. The standard InChI is InChI=1S/C28H25NO/c1-18(2)21-15-16-29-25(17-21)23-12-7-13-24-27-22(11-8-14-26(27)30-28(23)24)19(3)20-9-5-4-6-10-20/h4-19H,1-3H3. The number of aromatic nitrogens is 1. The van der Waals surface area contributed by atoms with Crippen LogP contribution in [0.15, 0.2) is 89.5 Å². The van der Waals surface area contributed by atoms with E-state index in [1.807, 2.05) is 6.20 Å². The third-order valence-electron chi connectivity index (χ3n) is 6.05. The molecule has 1 unspecified atom stereocenters. The topological polar surface area (TPSA) is 26.0 Å². The van der Waals surface area contributed by atoms with Gasteiger partial charge in [-0.15, -0.1) is 0 Å². The molecule has 5 rings (SSSR count). The number of pyridine rings is 1. The molecule has 0 fully saturated rings. The highest BCUT2D eigenvalue weighted by Crippen LogP contribution is 2.40. The maximum absolute atomic E-state index is 6.43. The minimum atomic E-state index is 0.279. The highest BCUT2D eigenvalue weighted by atomic mass is 16.3. The number of benzene rings is 3. The Hall–Kier alpha value is -3.39. The van der Waals surface area contributed by atoms with Crippen molar-refractivity contribution in [3.8, 4) is 11.3 Å². The highest BCUT2D eigenvalue weighted by molar-refractivity contribution is 6.11. The molecule has 148 valence electrons. The van der Waals surface area contributed by atoms with Crippen LogP contribution in [-0.2, 0) is 0 Å². The van der Waals surface area contributed by atoms with Crippen LogP contribution in [0, 0.1) is 0 Å². The van der Waals surface area contributed by atoms with Gasteiger partial charge in [0.05, 0.1) is 5.69 Å². The summed E-state index contributed by atoms with van der Waals surface area (Å²) in [5.74, 6) is 0.738. The van der Waals surface area contributed by atoms with Gasteiger partial charge in [0.2, 0.25) is 0 Å². The van der Waals surface area contributed by atoms with Gasteiger partial charge in [0.15, 0.2) is 0 Å². The second-order valence-electron chi connectivity index (χ2n) is 8.27. The number of furan rings is 1. The van der Waals surface area contributed by atoms with Crippen LogP contribution in [0.3, 0.4) is 0 Å². The fraction of sp³-hybridized carbons (Fsp3) is 0.179. The van der Waals surface area contributed by atoms with Gasteiger partial charge in [-0.3, -0.25) is 4.98 Å². The van der Waals surface area contributed by atoms with E-state index in [1.54, 1.807) is 0 Å². The number of nitrogens with zero attached hydrogens (tertiary/aromatic N) is 1. The number of hydrogen-bond acceptors (Lipinski definition) is 2. The van der Waals surface area contributed by atoms with E-state index in [0.29, 0.717) is 5.92 Å². The summed E-state index contributed by atoms with van der Waals surface area (Å²) in [5, 5.41) is 2.35. The fourth-order valence-electron chi connectivity index (χ4n) is 4.31. The quantitative estimate of drug-likeness (QED) is 0.311. The first-order chi connectivity index (χ1) is 14.6. The monoisotopic (exact) mass is 391 g/mol. The van der Waals surface area contributed by atoms with E-state index >= 15 is 0 Å². The summed E-state index contributed by atoms with van der Waals surface area (Å²) in [6.07, 6.45) is 1.90. The van der Waals surface area contributed by atoms with Crippen molar-refractivity contribution >= 4 is 21.9 Å². The van der Waals surface area contributed by atoms with Gasteiger partial charge in [-0.25, -0.2) is 0 Å². The van der Waals surface area contributed by atoms with Crippen molar-refractivity contribution in [2.75, 3.05) is 0 Å². The largest absolute Gasteiger partial charge is 0.455 e. The minimum absolute atomic E-state index is 0.279. The molecule has 2 heteroatoms. The number of fused-ring (bicyclic) bond motifs is 3. The Balaban J connectivity index is 1.74. The van der Waals surface area contributed by atoms with Gasteiger partial charge in [-0.2, -0.15) is 0 Å². The predicted molar refractivity (Wildman–Crippen MR) is 125 cm³/mol. The molecular formula is C28H25NO. The van der Waals surface area contributed by atoms with Crippen LogP contribution >= 0.6 is 0 Å². The Kier molecular flexibility index (Phi) is 4.63. The van der Waals surface area contributed by atoms with Crippen LogP contribution in [0.2, 0.25) is 0 Å². The van der Waals surface area contributed by atoms with E-state index in [-0.39, 0.29) is 5.92 Å². The van der Waals surface area contributed by atoms with Crippen LogP contribution < -0.4 is 0 Å². The molecule has 0 aliphatic rings. The summed E-state index contributed by atoms with van der Waals surface area (Å²) < 4.78 is 6.43. The molecule has 5 aromatic rings. The molecule has 0 saturated carbocycles. The van der Waals surface area contributed by atoms with Crippen molar-refractivity contribution in [3.05, 3.63) is 102 Å². The molecule has 2 nitrogen and oxygen atoms in total. The number of rotatable bonds is 4. The lowest BCUT2D eigenvalue weighted by molar-refractivity contribution is 0.669. The summed E-state index contributed by atoms with van der Waals surface area (Å²) in [6.45, 7) is 6.68. The zero-order valence-corrected chi connectivity index (χ0v) is 17.6. The maximum atomic E-state index is 6.43. The molecule has 2 heterocycles.